The van der Waals surface area contributed by atoms with E-state index in [9.17, 15) is 9.59 Å². The van der Waals surface area contributed by atoms with E-state index in [1.54, 1.807) is 22.4 Å². The highest BCUT2D eigenvalue weighted by atomic mass is 16.5. The molecule has 0 bridgehead atoms. The molecule has 0 spiro atoms. The Kier molecular flexibility index (Phi) is 5.43. The summed E-state index contributed by atoms with van der Waals surface area (Å²) >= 11 is 0. The zero-order valence-electron chi connectivity index (χ0n) is 20.6. The van der Waals surface area contributed by atoms with Crippen molar-refractivity contribution in [1.29, 1.82) is 0 Å². The highest BCUT2D eigenvalue weighted by Crippen LogP contribution is 2.36. The summed E-state index contributed by atoms with van der Waals surface area (Å²) in [5, 5.41) is 4.43. The first-order valence-electron chi connectivity index (χ1n) is 11.6. The van der Waals surface area contributed by atoms with E-state index in [0.717, 1.165) is 22.5 Å². The van der Waals surface area contributed by atoms with Gasteiger partial charge in [0.25, 0.3) is 5.56 Å². The van der Waals surface area contributed by atoms with Gasteiger partial charge in [0, 0.05) is 23.4 Å². The van der Waals surface area contributed by atoms with E-state index in [2.05, 4.69) is 30.0 Å². The van der Waals surface area contributed by atoms with Crippen LogP contribution in [0.3, 0.4) is 0 Å². The zero-order chi connectivity index (χ0) is 24.9. The Morgan fingerprint density at radius 3 is 2.37 bits per heavy atom. The van der Waals surface area contributed by atoms with Gasteiger partial charge in [-0.3, -0.25) is 14.2 Å². The molecule has 2 aromatic carbocycles. The Labute approximate surface area is 204 Å². The molecule has 0 amide bonds. The summed E-state index contributed by atoms with van der Waals surface area (Å²) in [4.78, 5) is 31.8. The monoisotopic (exact) mass is 468 g/mol. The number of ketones is 1. The summed E-state index contributed by atoms with van der Waals surface area (Å²) in [7, 11) is 1.60. The number of hydrogen-bond acceptors (Lipinski definition) is 5. The summed E-state index contributed by atoms with van der Waals surface area (Å²) in [6.07, 6.45) is 2.47. The molecule has 0 saturated heterocycles. The van der Waals surface area contributed by atoms with Crippen molar-refractivity contribution in [2.45, 2.75) is 40.5 Å². The van der Waals surface area contributed by atoms with Crippen LogP contribution in [-0.4, -0.2) is 32.2 Å². The SMILES string of the molecule is COc1ccc(-n2c3c(cc(-c4ncnn4-c4ccc(C)cc4C)c2=O)C(=O)CC(C)(C)C3)cc1. The predicted octanol–water partition coefficient (Wildman–Crippen LogP) is 4.87. The van der Waals surface area contributed by atoms with Gasteiger partial charge in [0.15, 0.2) is 11.6 Å². The third-order valence-corrected chi connectivity index (χ3v) is 6.59. The fraction of sp³-hybridized carbons (Fsp3) is 0.286. The van der Waals surface area contributed by atoms with Gasteiger partial charge in [-0.1, -0.05) is 31.5 Å². The van der Waals surface area contributed by atoms with Gasteiger partial charge in [-0.25, -0.2) is 9.67 Å². The average molecular weight is 469 g/mol. The number of carbonyl (C=O) groups is 1. The molecule has 7 heteroatoms. The Bertz CT molecular complexity index is 1510. The maximum absolute atomic E-state index is 14.1. The first-order valence-corrected chi connectivity index (χ1v) is 11.6. The van der Waals surface area contributed by atoms with Crippen molar-refractivity contribution in [3.8, 4) is 28.5 Å². The predicted molar refractivity (Wildman–Crippen MR) is 135 cm³/mol. The number of methoxy groups -OCH3 is 1. The highest BCUT2D eigenvalue weighted by Gasteiger charge is 2.35. The van der Waals surface area contributed by atoms with E-state index in [1.165, 1.54) is 6.33 Å². The first kappa shape index (κ1) is 22.8. The van der Waals surface area contributed by atoms with Gasteiger partial charge in [-0.05, 0) is 67.6 Å². The molecule has 1 aliphatic carbocycles. The smallest absolute Gasteiger partial charge is 0.266 e. The molecule has 0 atom stereocenters. The van der Waals surface area contributed by atoms with E-state index in [-0.39, 0.29) is 16.8 Å². The third-order valence-electron chi connectivity index (χ3n) is 6.59. The number of benzene rings is 2. The van der Waals surface area contributed by atoms with Gasteiger partial charge >= 0.3 is 0 Å². The largest absolute Gasteiger partial charge is 0.497 e. The average Bonchev–Trinajstić information content (AvgIpc) is 3.27. The summed E-state index contributed by atoms with van der Waals surface area (Å²) in [5.74, 6) is 1.12. The molecule has 0 N–H and O–H groups in total. The second kappa shape index (κ2) is 8.34. The molecule has 35 heavy (non-hydrogen) atoms. The number of ether oxygens (including phenoxy) is 1. The highest BCUT2D eigenvalue weighted by molar-refractivity contribution is 5.99. The number of aryl methyl sites for hydroxylation is 2. The van der Waals surface area contributed by atoms with Crippen molar-refractivity contribution in [3.05, 3.63) is 87.6 Å². The summed E-state index contributed by atoms with van der Waals surface area (Å²) in [6.45, 7) is 8.15. The molecule has 5 rings (SSSR count). The molecule has 0 unspecified atom stereocenters. The molecule has 0 radical (unpaired) electrons. The van der Waals surface area contributed by atoms with Crippen LogP contribution in [0, 0.1) is 19.3 Å². The number of rotatable bonds is 4. The Hall–Kier alpha value is -4.00. The molecule has 178 valence electrons. The van der Waals surface area contributed by atoms with E-state index in [1.807, 2.05) is 50.2 Å². The summed E-state index contributed by atoms with van der Waals surface area (Å²) in [5.41, 5.74) is 4.81. The van der Waals surface area contributed by atoms with Crippen LogP contribution in [-0.2, 0) is 6.42 Å². The first-order chi connectivity index (χ1) is 16.7. The van der Waals surface area contributed by atoms with E-state index in [0.29, 0.717) is 41.2 Å². The Balaban J connectivity index is 1.79. The zero-order valence-corrected chi connectivity index (χ0v) is 20.6. The molecule has 0 aliphatic heterocycles. The fourth-order valence-corrected chi connectivity index (χ4v) is 4.92. The number of fused-ring (bicyclic) bond motifs is 1. The van der Waals surface area contributed by atoms with Crippen LogP contribution in [0.2, 0.25) is 0 Å². The molecule has 0 fully saturated rings. The van der Waals surface area contributed by atoms with Crippen molar-refractivity contribution in [2.24, 2.45) is 5.41 Å². The second-order valence-corrected chi connectivity index (χ2v) is 9.98. The van der Waals surface area contributed by atoms with Crippen LogP contribution >= 0.6 is 0 Å². The van der Waals surface area contributed by atoms with Crippen LogP contribution in [0.5, 0.6) is 5.75 Å². The van der Waals surface area contributed by atoms with E-state index in [4.69, 9.17) is 4.74 Å². The lowest BCUT2D eigenvalue weighted by atomic mass is 9.75. The Morgan fingerprint density at radius 2 is 1.69 bits per heavy atom. The van der Waals surface area contributed by atoms with Crippen LogP contribution in [0.1, 0.15) is 47.4 Å². The summed E-state index contributed by atoms with van der Waals surface area (Å²) in [6, 6.07) is 15.0. The van der Waals surface area contributed by atoms with Crippen molar-refractivity contribution in [3.63, 3.8) is 0 Å². The van der Waals surface area contributed by atoms with Crippen LogP contribution in [0.4, 0.5) is 0 Å². The van der Waals surface area contributed by atoms with Gasteiger partial charge in [0.05, 0.1) is 18.4 Å². The lowest BCUT2D eigenvalue weighted by Crippen LogP contribution is -2.35. The number of carbonyl (C=O) groups excluding carboxylic acids is 1. The molecular weight excluding hydrogens is 440 g/mol. The number of aromatic nitrogens is 4. The molecule has 2 aromatic heterocycles. The molecule has 1 aliphatic rings. The van der Waals surface area contributed by atoms with Crippen LogP contribution < -0.4 is 10.3 Å². The quantitative estimate of drug-likeness (QED) is 0.427. The number of hydrogen-bond donors (Lipinski definition) is 0. The summed E-state index contributed by atoms with van der Waals surface area (Å²) < 4.78 is 8.63. The van der Waals surface area contributed by atoms with Gasteiger partial charge in [-0.15, -0.1) is 0 Å². The van der Waals surface area contributed by atoms with Gasteiger partial charge in [-0.2, -0.15) is 5.10 Å². The van der Waals surface area contributed by atoms with Crippen molar-refractivity contribution < 1.29 is 9.53 Å². The van der Waals surface area contributed by atoms with Crippen molar-refractivity contribution >= 4 is 5.78 Å². The maximum atomic E-state index is 14.1. The molecular formula is C28H28N4O3. The molecule has 2 heterocycles. The minimum Gasteiger partial charge on any atom is -0.497 e. The standard InChI is InChI=1S/C28H28N4O3/c1-17-6-11-23(18(2)12-17)32-26(29-16-30-32)22-13-21-24(14-28(3,4)15-25(21)33)31(27(22)34)19-7-9-20(35-5)10-8-19/h6-13,16H,14-15H2,1-5H3. The lowest BCUT2D eigenvalue weighted by molar-refractivity contribution is 0.0909. The van der Waals surface area contributed by atoms with E-state index >= 15 is 0 Å². The maximum Gasteiger partial charge on any atom is 0.266 e. The molecule has 7 nitrogen and oxygen atoms in total. The minimum absolute atomic E-state index is 0.0253. The molecule has 4 aromatic rings. The topological polar surface area (TPSA) is 79.0 Å². The van der Waals surface area contributed by atoms with Gasteiger partial charge in [0.1, 0.15) is 12.1 Å². The van der Waals surface area contributed by atoms with Crippen molar-refractivity contribution in [1.82, 2.24) is 19.3 Å². The van der Waals surface area contributed by atoms with Crippen LogP contribution in [0.25, 0.3) is 22.8 Å². The van der Waals surface area contributed by atoms with E-state index < -0.39 is 0 Å². The third kappa shape index (κ3) is 3.97. The van der Waals surface area contributed by atoms with Crippen LogP contribution in [0.15, 0.2) is 59.7 Å². The van der Waals surface area contributed by atoms with Gasteiger partial charge < -0.3 is 4.74 Å². The fourth-order valence-electron chi connectivity index (χ4n) is 4.92. The number of pyridine rings is 1. The van der Waals surface area contributed by atoms with Gasteiger partial charge in [0.2, 0.25) is 0 Å². The number of Topliss-reactive ketones (excluding diaryl/α,β-unsaturated/α-hetero) is 1. The lowest BCUT2D eigenvalue weighted by Gasteiger charge is -2.32. The molecule has 0 saturated carbocycles. The normalized spacial score (nSPS) is 14.6. The number of nitrogens with zero attached hydrogens (tertiary/aromatic N) is 4. The minimum atomic E-state index is -0.245. The van der Waals surface area contributed by atoms with Crippen molar-refractivity contribution in [2.75, 3.05) is 7.11 Å². The second-order valence-electron chi connectivity index (χ2n) is 9.98. The Morgan fingerprint density at radius 1 is 0.943 bits per heavy atom.